The fourth-order valence-electron chi connectivity index (χ4n) is 1.66. The highest BCUT2D eigenvalue weighted by molar-refractivity contribution is 7.17. The number of nitrogens with zero attached hydrogens (tertiary/aromatic N) is 2. The van der Waals surface area contributed by atoms with Crippen LogP contribution in [0.15, 0.2) is 6.20 Å². The van der Waals surface area contributed by atoms with Crippen molar-refractivity contribution in [2.24, 2.45) is 0 Å². The highest BCUT2D eigenvalue weighted by Crippen LogP contribution is 2.20. The fourth-order valence-corrected chi connectivity index (χ4v) is 2.55. The molecule has 2 aromatic heterocycles. The Morgan fingerprint density at radius 1 is 1.65 bits per heavy atom. The molecule has 0 fully saturated rings. The Morgan fingerprint density at radius 3 is 3.00 bits per heavy atom. The van der Waals surface area contributed by atoms with E-state index in [2.05, 4.69) is 10.3 Å². The molecular weight excluding hydrogens is 238 g/mol. The number of rotatable bonds is 4. The summed E-state index contributed by atoms with van der Waals surface area (Å²) in [5.74, 6) is -0.843. The van der Waals surface area contributed by atoms with Crippen molar-refractivity contribution in [2.45, 2.75) is 33.4 Å². The standard InChI is InChI=1S/C11H15N3O2S/c1-6-5-14-9(4-12-8(3)10(15)16)7(2)13-11(14)17-6/h5,8,12H,4H2,1-3H3,(H,15,16). The van der Waals surface area contributed by atoms with Crippen LogP contribution in [-0.4, -0.2) is 26.5 Å². The van der Waals surface area contributed by atoms with Gasteiger partial charge in [-0.1, -0.05) is 0 Å². The Labute approximate surface area is 103 Å². The van der Waals surface area contributed by atoms with Crippen LogP contribution in [0.1, 0.15) is 23.2 Å². The van der Waals surface area contributed by atoms with Crippen LogP contribution in [0, 0.1) is 13.8 Å². The topological polar surface area (TPSA) is 66.6 Å². The molecule has 5 nitrogen and oxygen atoms in total. The number of aryl methyl sites for hydroxylation is 2. The van der Waals surface area contributed by atoms with Crippen LogP contribution in [0.5, 0.6) is 0 Å². The molecular formula is C11H15N3O2S. The number of hydrogen-bond acceptors (Lipinski definition) is 4. The van der Waals surface area contributed by atoms with Crippen molar-refractivity contribution in [3.05, 3.63) is 22.5 Å². The van der Waals surface area contributed by atoms with Crippen LogP contribution in [0.4, 0.5) is 0 Å². The van der Waals surface area contributed by atoms with Crippen LogP contribution in [-0.2, 0) is 11.3 Å². The van der Waals surface area contributed by atoms with Gasteiger partial charge in [0.2, 0.25) is 0 Å². The third-order valence-corrected chi connectivity index (χ3v) is 3.59. The number of fused-ring (bicyclic) bond motifs is 1. The minimum Gasteiger partial charge on any atom is -0.480 e. The quantitative estimate of drug-likeness (QED) is 0.868. The van der Waals surface area contributed by atoms with Crippen LogP contribution in [0.3, 0.4) is 0 Å². The van der Waals surface area contributed by atoms with Crippen LogP contribution < -0.4 is 5.32 Å². The van der Waals surface area contributed by atoms with Gasteiger partial charge in [0.05, 0.1) is 11.4 Å². The molecule has 1 atom stereocenters. The van der Waals surface area contributed by atoms with Gasteiger partial charge in [0.1, 0.15) is 6.04 Å². The molecule has 0 aliphatic rings. The summed E-state index contributed by atoms with van der Waals surface area (Å²) >= 11 is 1.64. The Bertz CT molecular complexity index is 558. The minimum absolute atomic E-state index is 0.511. The van der Waals surface area contributed by atoms with E-state index in [1.807, 2.05) is 24.4 Å². The molecule has 2 aromatic rings. The molecule has 0 aliphatic carbocycles. The Balaban J connectivity index is 2.22. The van der Waals surface area contributed by atoms with Gasteiger partial charge in [-0.3, -0.25) is 14.5 Å². The zero-order chi connectivity index (χ0) is 12.6. The molecule has 0 amide bonds. The zero-order valence-corrected chi connectivity index (χ0v) is 10.8. The molecule has 0 saturated heterocycles. The third kappa shape index (κ3) is 2.32. The summed E-state index contributed by atoms with van der Waals surface area (Å²) in [5, 5.41) is 11.8. The lowest BCUT2D eigenvalue weighted by molar-refractivity contribution is -0.139. The highest BCUT2D eigenvalue weighted by atomic mass is 32.1. The maximum Gasteiger partial charge on any atom is 0.320 e. The first-order valence-electron chi connectivity index (χ1n) is 5.39. The molecule has 0 radical (unpaired) electrons. The molecule has 2 N–H and O–H groups in total. The lowest BCUT2D eigenvalue weighted by atomic mass is 10.3. The summed E-state index contributed by atoms with van der Waals surface area (Å²) in [5.41, 5.74) is 1.97. The Kier molecular flexibility index (Phi) is 3.17. The molecule has 0 spiro atoms. The molecule has 0 aromatic carbocycles. The molecule has 1 unspecified atom stereocenters. The average molecular weight is 253 g/mol. The summed E-state index contributed by atoms with van der Waals surface area (Å²) < 4.78 is 2.02. The molecule has 0 bridgehead atoms. The van der Waals surface area contributed by atoms with Crippen molar-refractivity contribution in [1.29, 1.82) is 0 Å². The first-order valence-corrected chi connectivity index (χ1v) is 6.21. The van der Waals surface area contributed by atoms with Gasteiger partial charge in [0.15, 0.2) is 4.96 Å². The van der Waals surface area contributed by atoms with Crippen molar-refractivity contribution in [1.82, 2.24) is 14.7 Å². The minimum atomic E-state index is -0.843. The summed E-state index contributed by atoms with van der Waals surface area (Å²) in [4.78, 5) is 17.3. The summed E-state index contributed by atoms with van der Waals surface area (Å²) in [6.45, 7) is 6.12. The van der Waals surface area contributed by atoms with Crippen LogP contribution in [0.2, 0.25) is 0 Å². The number of carbonyl (C=O) groups is 1. The first kappa shape index (κ1) is 12.1. The van der Waals surface area contributed by atoms with E-state index >= 15 is 0 Å². The molecule has 6 heteroatoms. The molecule has 0 saturated carbocycles. The summed E-state index contributed by atoms with van der Waals surface area (Å²) in [6.07, 6.45) is 2.03. The smallest absolute Gasteiger partial charge is 0.320 e. The molecule has 2 rings (SSSR count). The van der Waals surface area contributed by atoms with Crippen molar-refractivity contribution in [3.8, 4) is 0 Å². The Morgan fingerprint density at radius 2 is 2.35 bits per heavy atom. The van der Waals surface area contributed by atoms with E-state index in [0.717, 1.165) is 16.3 Å². The Hall–Kier alpha value is -1.40. The second-order valence-corrected chi connectivity index (χ2v) is 5.29. The van der Waals surface area contributed by atoms with Gasteiger partial charge >= 0.3 is 5.97 Å². The van der Waals surface area contributed by atoms with Crippen LogP contribution >= 0.6 is 11.3 Å². The van der Waals surface area contributed by atoms with E-state index < -0.39 is 12.0 Å². The van der Waals surface area contributed by atoms with Crippen molar-refractivity contribution >= 4 is 22.3 Å². The van der Waals surface area contributed by atoms with E-state index in [0.29, 0.717) is 6.54 Å². The van der Waals surface area contributed by atoms with Gasteiger partial charge in [0, 0.05) is 17.6 Å². The van der Waals surface area contributed by atoms with E-state index in [-0.39, 0.29) is 0 Å². The maximum absolute atomic E-state index is 10.7. The van der Waals surface area contributed by atoms with Gasteiger partial charge in [0.25, 0.3) is 0 Å². The van der Waals surface area contributed by atoms with Crippen molar-refractivity contribution in [2.75, 3.05) is 0 Å². The highest BCUT2D eigenvalue weighted by Gasteiger charge is 2.14. The second kappa shape index (κ2) is 4.46. The number of imidazole rings is 1. The van der Waals surface area contributed by atoms with Gasteiger partial charge in [-0.2, -0.15) is 0 Å². The number of thiazole rings is 1. The molecule has 92 valence electrons. The van der Waals surface area contributed by atoms with Gasteiger partial charge in [-0.25, -0.2) is 4.98 Å². The number of carboxylic acid groups (broad SMARTS) is 1. The summed E-state index contributed by atoms with van der Waals surface area (Å²) in [6, 6.07) is -0.556. The number of nitrogens with one attached hydrogen (secondary N) is 1. The zero-order valence-electron chi connectivity index (χ0n) is 10.0. The average Bonchev–Trinajstić information content (AvgIpc) is 2.70. The molecule has 2 heterocycles. The summed E-state index contributed by atoms with van der Waals surface area (Å²) in [7, 11) is 0. The van der Waals surface area contributed by atoms with Crippen LogP contribution in [0.25, 0.3) is 4.96 Å². The van der Waals surface area contributed by atoms with E-state index in [1.54, 1.807) is 18.3 Å². The molecule has 0 aliphatic heterocycles. The largest absolute Gasteiger partial charge is 0.480 e. The maximum atomic E-state index is 10.7. The monoisotopic (exact) mass is 253 g/mol. The van der Waals surface area contributed by atoms with Crippen molar-refractivity contribution in [3.63, 3.8) is 0 Å². The SMILES string of the molecule is Cc1cn2c(CNC(C)C(=O)O)c(C)nc2s1. The molecule has 17 heavy (non-hydrogen) atoms. The van der Waals surface area contributed by atoms with Gasteiger partial charge in [-0.15, -0.1) is 11.3 Å². The van der Waals surface area contributed by atoms with Gasteiger partial charge in [-0.05, 0) is 20.8 Å². The van der Waals surface area contributed by atoms with E-state index in [9.17, 15) is 4.79 Å². The lowest BCUT2D eigenvalue weighted by Crippen LogP contribution is -2.33. The number of carboxylic acids is 1. The predicted molar refractivity (Wildman–Crippen MR) is 66.5 cm³/mol. The predicted octanol–water partition coefficient (Wildman–Crippen LogP) is 1.58. The first-order chi connectivity index (χ1) is 7.99. The van der Waals surface area contributed by atoms with E-state index in [4.69, 9.17) is 5.11 Å². The van der Waals surface area contributed by atoms with Crippen molar-refractivity contribution < 1.29 is 9.90 Å². The van der Waals surface area contributed by atoms with Gasteiger partial charge < -0.3 is 5.11 Å². The normalized spacial score (nSPS) is 13.1. The van der Waals surface area contributed by atoms with E-state index in [1.165, 1.54) is 4.88 Å². The number of aromatic nitrogens is 2. The second-order valence-electron chi connectivity index (χ2n) is 4.08. The number of aliphatic carboxylic acids is 1. The number of hydrogen-bond donors (Lipinski definition) is 2. The fraction of sp³-hybridized carbons (Fsp3) is 0.455. The lowest BCUT2D eigenvalue weighted by Gasteiger charge is -2.08. The third-order valence-electron chi connectivity index (χ3n) is 2.69.